The molecular weight excluding hydrogens is 262 g/mol. The molecule has 3 heterocycles. The van der Waals surface area contributed by atoms with E-state index in [4.69, 9.17) is 16.3 Å². The molecule has 1 atom stereocenters. The summed E-state index contributed by atoms with van der Waals surface area (Å²) < 4.78 is 5.39. The van der Waals surface area contributed by atoms with E-state index in [2.05, 4.69) is 14.8 Å². The Morgan fingerprint density at radius 1 is 1.32 bits per heavy atom. The third-order valence-electron chi connectivity index (χ3n) is 4.00. The van der Waals surface area contributed by atoms with E-state index in [1.807, 2.05) is 12.3 Å². The number of morpholine rings is 1. The molecule has 0 radical (unpaired) electrons. The van der Waals surface area contributed by atoms with E-state index in [9.17, 15) is 0 Å². The summed E-state index contributed by atoms with van der Waals surface area (Å²) in [6.45, 7) is 7.29. The molecule has 1 aromatic heterocycles. The van der Waals surface area contributed by atoms with Crippen LogP contribution in [-0.4, -0.2) is 55.8 Å². The minimum atomic E-state index is 0.738. The highest BCUT2D eigenvalue weighted by Crippen LogP contribution is 2.29. The van der Waals surface area contributed by atoms with Gasteiger partial charge in [0.05, 0.1) is 23.9 Å². The summed E-state index contributed by atoms with van der Waals surface area (Å²) in [5, 5.41) is 0.759. The highest BCUT2D eigenvalue weighted by atomic mass is 35.5. The van der Waals surface area contributed by atoms with Crippen molar-refractivity contribution in [3.05, 3.63) is 23.5 Å². The summed E-state index contributed by atoms with van der Waals surface area (Å²) in [4.78, 5) is 8.95. The second-order valence-corrected chi connectivity index (χ2v) is 5.75. The first-order valence-electron chi connectivity index (χ1n) is 6.97. The molecule has 2 fully saturated rings. The first-order valence-corrected chi connectivity index (χ1v) is 7.35. The Hall–Kier alpha value is -0.840. The van der Waals surface area contributed by atoms with Crippen molar-refractivity contribution in [1.82, 2.24) is 9.88 Å². The molecule has 19 heavy (non-hydrogen) atoms. The van der Waals surface area contributed by atoms with Crippen molar-refractivity contribution >= 4 is 17.3 Å². The van der Waals surface area contributed by atoms with Crippen molar-refractivity contribution in [2.24, 2.45) is 5.92 Å². The van der Waals surface area contributed by atoms with Gasteiger partial charge in [0.1, 0.15) is 0 Å². The molecule has 104 valence electrons. The molecule has 0 amide bonds. The highest BCUT2D eigenvalue weighted by molar-refractivity contribution is 6.33. The molecule has 0 saturated carbocycles. The summed E-state index contributed by atoms with van der Waals surface area (Å²) in [6.07, 6.45) is 4.79. The number of rotatable bonds is 3. The van der Waals surface area contributed by atoms with Crippen molar-refractivity contribution in [3.63, 3.8) is 0 Å². The Morgan fingerprint density at radius 3 is 2.95 bits per heavy atom. The number of aromatic nitrogens is 1. The number of pyridine rings is 1. The molecule has 1 aromatic rings. The summed E-state index contributed by atoms with van der Waals surface area (Å²) in [5.74, 6) is 0.738. The fraction of sp³-hybridized carbons (Fsp3) is 0.643. The molecule has 0 bridgehead atoms. The molecular formula is C14H20ClN3O. The molecule has 0 spiro atoms. The van der Waals surface area contributed by atoms with Crippen molar-refractivity contribution in [2.75, 3.05) is 50.8 Å². The number of halogens is 1. The number of hydrogen-bond acceptors (Lipinski definition) is 4. The molecule has 3 rings (SSSR count). The number of ether oxygens (including phenoxy) is 1. The zero-order valence-electron chi connectivity index (χ0n) is 11.1. The monoisotopic (exact) mass is 281 g/mol. The van der Waals surface area contributed by atoms with Gasteiger partial charge < -0.3 is 9.64 Å². The van der Waals surface area contributed by atoms with Crippen LogP contribution >= 0.6 is 11.6 Å². The zero-order valence-corrected chi connectivity index (χ0v) is 11.9. The van der Waals surface area contributed by atoms with E-state index in [1.165, 1.54) is 13.0 Å². The van der Waals surface area contributed by atoms with E-state index in [0.717, 1.165) is 56.0 Å². The summed E-state index contributed by atoms with van der Waals surface area (Å²) in [6, 6.07) is 2.01. The maximum atomic E-state index is 6.21. The normalized spacial score (nSPS) is 24.9. The minimum absolute atomic E-state index is 0.738. The van der Waals surface area contributed by atoms with E-state index in [0.29, 0.717) is 0 Å². The Balaban J connectivity index is 1.56. The largest absolute Gasteiger partial charge is 0.379 e. The molecule has 5 heteroatoms. The smallest absolute Gasteiger partial charge is 0.0822 e. The van der Waals surface area contributed by atoms with Crippen LogP contribution in [-0.2, 0) is 4.74 Å². The summed E-state index contributed by atoms with van der Waals surface area (Å²) >= 11 is 6.21. The van der Waals surface area contributed by atoms with Crippen LogP contribution in [0, 0.1) is 5.92 Å². The van der Waals surface area contributed by atoms with E-state index >= 15 is 0 Å². The van der Waals surface area contributed by atoms with E-state index in [1.54, 1.807) is 6.20 Å². The van der Waals surface area contributed by atoms with E-state index < -0.39 is 0 Å². The first kappa shape index (κ1) is 13.2. The Kier molecular flexibility index (Phi) is 4.21. The topological polar surface area (TPSA) is 28.6 Å². The third kappa shape index (κ3) is 3.19. The molecule has 0 aliphatic carbocycles. The predicted octanol–water partition coefficient (Wildman–Crippen LogP) is 1.89. The molecule has 2 aliphatic heterocycles. The maximum Gasteiger partial charge on any atom is 0.0822 e. The predicted molar refractivity (Wildman–Crippen MR) is 76.8 cm³/mol. The van der Waals surface area contributed by atoms with Crippen LogP contribution in [0.2, 0.25) is 5.02 Å². The number of anilines is 1. The fourth-order valence-electron chi connectivity index (χ4n) is 2.97. The van der Waals surface area contributed by atoms with Crippen LogP contribution in [0.1, 0.15) is 6.42 Å². The van der Waals surface area contributed by atoms with Crippen molar-refractivity contribution < 1.29 is 4.74 Å². The van der Waals surface area contributed by atoms with Gasteiger partial charge >= 0.3 is 0 Å². The van der Waals surface area contributed by atoms with Gasteiger partial charge in [-0.05, 0) is 18.4 Å². The zero-order chi connectivity index (χ0) is 13.1. The van der Waals surface area contributed by atoms with Crippen LogP contribution < -0.4 is 4.90 Å². The van der Waals surface area contributed by atoms with Crippen LogP contribution in [0.5, 0.6) is 0 Å². The molecule has 2 aliphatic rings. The van der Waals surface area contributed by atoms with Crippen molar-refractivity contribution in [3.8, 4) is 0 Å². The summed E-state index contributed by atoms with van der Waals surface area (Å²) in [7, 11) is 0. The van der Waals surface area contributed by atoms with Gasteiger partial charge in [-0.2, -0.15) is 0 Å². The van der Waals surface area contributed by atoms with Crippen LogP contribution in [0.25, 0.3) is 0 Å². The molecule has 4 nitrogen and oxygen atoms in total. The first-order chi connectivity index (χ1) is 9.33. The van der Waals surface area contributed by atoms with Gasteiger partial charge in [0.2, 0.25) is 0 Å². The lowest BCUT2D eigenvalue weighted by molar-refractivity contribution is 0.0320. The molecule has 1 unspecified atom stereocenters. The van der Waals surface area contributed by atoms with Gasteiger partial charge in [-0.25, -0.2) is 0 Å². The SMILES string of the molecule is Clc1cnccc1N1CCC(CN2CCOCC2)C1. The van der Waals surface area contributed by atoms with Gasteiger partial charge in [0, 0.05) is 45.1 Å². The maximum absolute atomic E-state index is 6.21. The molecule has 0 N–H and O–H groups in total. The fourth-order valence-corrected chi connectivity index (χ4v) is 3.21. The van der Waals surface area contributed by atoms with Gasteiger partial charge in [0.15, 0.2) is 0 Å². The lowest BCUT2D eigenvalue weighted by atomic mass is 10.1. The Labute approximate surface area is 119 Å². The van der Waals surface area contributed by atoms with Crippen LogP contribution in [0.15, 0.2) is 18.5 Å². The second kappa shape index (κ2) is 6.07. The molecule has 2 saturated heterocycles. The van der Waals surface area contributed by atoms with Crippen LogP contribution in [0.4, 0.5) is 5.69 Å². The third-order valence-corrected chi connectivity index (χ3v) is 4.29. The number of hydrogen-bond donors (Lipinski definition) is 0. The van der Waals surface area contributed by atoms with Gasteiger partial charge in [-0.1, -0.05) is 11.6 Å². The second-order valence-electron chi connectivity index (χ2n) is 5.34. The van der Waals surface area contributed by atoms with Gasteiger partial charge in [0.25, 0.3) is 0 Å². The quantitative estimate of drug-likeness (QED) is 0.846. The average Bonchev–Trinajstić information content (AvgIpc) is 2.89. The van der Waals surface area contributed by atoms with Crippen molar-refractivity contribution in [2.45, 2.75) is 6.42 Å². The molecule has 0 aromatic carbocycles. The standard InChI is InChI=1S/C14H20ClN3O/c15-13-9-16-3-1-14(13)18-4-2-12(11-18)10-17-5-7-19-8-6-17/h1,3,9,12H,2,4-8,10-11H2. The lowest BCUT2D eigenvalue weighted by Crippen LogP contribution is -2.39. The Bertz CT molecular complexity index is 423. The summed E-state index contributed by atoms with van der Waals surface area (Å²) in [5.41, 5.74) is 1.13. The van der Waals surface area contributed by atoms with Crippen LogP contribution in [0.3, 0.4) is 0 Å². The van der Waals surface area contributed by atoms with E-state index in [-0.39, 0.29) is 0 Å². The lowest BCUT2D eigenvalue weighted by Gasteiger charge is -2.29. The average molecular weight is 282 g/mol. The van der Waals surface area contributed by atoms with Gasteiger partial charge in [-0.15, -0.1) is 0 Å². The van der Waals surface area contributed by atoms with Crippen molar-refractivity contribution in [1.29, 1.82) is 0 Å². The Morgan fingerprint density at radius 2 is 2.16 bits per heavy atom. The minimum Gasteiger partial charge on any atom is -0.379 e. The van der Waals surface area contributed by atoms with Gasteiger partial charge in [-0.3, -0.25) is 9.88 Å². The number of nitrogens with zero attached hydrogens (tertiary/aromatic N) is 3. The highest BCUT2D eigenvalue weighted by Gasteiger charge is 2.26.